The maximum atomic E-state index is 12.2. The molecule has 1 aliphatic heterocycles. The third kappa shape index (κ3) is 3.58. The molecule has 2 aromatic heterocycles. The van der Waals surface area contributed by atoms with Gasteiger partial charge in [-0.3, -0.25) is 15.0 Å². The number of hydrogen-bond donors (Lipinski definition) is 1. The molecule has 8 nitrogen and oxygen atoms in total. The molecular formula is C15H21N5O3. The Hall–Kier alpha value is -2.22. The van der Waals surface area contributed by atoms with Gasteiger partial charge in [0.05, 0.1) is 18.3 Å². The van der Waals surface area contributed by atoms with Crippen LogP contribution in [-0.2, 0) is 4.79 Å². The van der Waals surface area contributed by atoms with E-state index >= 15 is 0 Å². The Morgan fingerprint density at radius 2 is 2.26 bits per heavy atom. The highest BCUT2D eigenvalue weighted by Crippen LogP contribution is 2.30. The molecule has 0 saturated carbocycles. The first-order valence-corrected chi connectivity index (χ1v) is 7.83. The number of aryl methyl sites for hydroxylation is 1. The summed E-state index contributed by atoms with van der Waals surface area (Å²) in [5.41, 5.74) is 0.729. The number of hydrogen-bond acceptors (Lipinski definition) is 7. The second-order valence-electron chi connectivity index (χ2n) is 6.15. The van der Waals surface area contributed by atoms with Crippen molar-refractivity contribution in [3.63, 3.8) is 0 Å². The lowest BCUT2D eigenvalue weighted by Gasteiger charge is -2.20. The predicted molar refractivity (Wildman–Crippen MR) is 81.8 cm³/mol. The summed E-state index contributed by atoms with van der Waals surface area (Å²) in [7, 11) is 0. The van der Waals surface area contributed by atoms with Crippen LogP contribution in [-0.4, -0.2) is 39.2 Å². The molecule has 0 radical (unpaired) electrons. The van der Waals surface area contributed by atoms with Crippen LogP contribution in [0, 0.1) is 6.92 Å². The zero-order valence-electron chi connectivity index (χ0n) is 13.6. The summed E-state index contributed by atoms with van der Waals surface area (Å²) in [6.45, 7) is 6.92. The summed E-state index contributed by atoms with van der Waals surface area (Å²) in [6, 6.07) is 1.71. The Bertz CT molecular complexity index is 678. The molecule has 23 heavy (non-hydrogen) atoms. The number of carbonyl (C=O) groups excluding carboxylic acids is 1. The fourth-order valence-corrected chi connectivity index (χ4v) is 2.71. The number of aromatic nitrogens is 3. The molecule has 1 amide bonds. The highest BCUT2D eigenvalue weighted by atomic mass is 16.5. The summed E-state index contributed by atoms with van der Waals surface area (Å²) in [5.74, 6) is 1.72. The van der Waals surface area contributed by atoms with E-state index in [1.54, 1.807) is 13.0 Å². The Morgan fingerprint density at radius 1 is 1.43 bits per heavy atom. The number of nitrogens with one attached hydrogen (secondary N) is 1. The van der Waals surface area contributed by atoms with Gasteiger partial charge in [-0.25, -0.2) is 0 Å². The predicted octanol–water partition coefficient (Wildman–Crippen LogP) is 2.27. The number of amides is 1. The van der Waals surface area contributed by atoms with E-state index < -0.39 is 0 Å². The van der Waals surface area contributed by atoms with Crippen molar-refractivity contribution >= 4 is 11.8 Å². The second kappa shape index (κ2) is 6.49. The van der Waals surface area contributed by atoms with Crippen molar-refractivity contribution in [3.05, 3.63) is 23.5 Å². The van der Waals surface area contributed by atoms with Gasteiger partial charge in [-0.2, -0.15) is 4.98 Å². The van der Waals surface area contributed by atoms with Crippen molar-refractivity contribution in [2.75, 3.05) is 18.4 Å². The third-order valence-corrected chi connectivity index (χ3v) is 3.85. The summed E-state index contributed by atoms with van der Waals surface area (Å²) in [4.78, 5) is 18.7. The fourth-order valence-electron chi connectivity index (χ4n) is 2.71. The normalized spacial score (nSPS) is 18.7. The minimum absolute atomic E-state index is 0.0217. The molecule has 124 valence electrons. The second-order valence-corrected chi connectivity index (χ2v) is 6.15. The van der Waals surface area contributed by atoms with Crippen molar-refractivity contribution in [1.82, 2.24) is 20.2 Å². The SMILES string of the molecule is Cc1cc(NC(=O)CN2CCC[C@@H]2c2noc(C(C)C)n2)on1. The van der Waals surface area contributed by atoms with Crippen molar-refractivity contribution in [1.29, 1.82) is 0 Å². The summed E-state index contributed by atoms with van der Waals surface area (Å²) in [5, 5.41) is 10.5. The molecule has 1 saturated heterocycles. The highest BCUT2D eigenvalue weighted by molar-refractivity contribution is 5.91. The van der Waals surface area contributed by atoms with Crippen LogP contribution >= 0.6 is 0 Å². The first-order valence-electron chi connectivity index (χ1n) is 7.83. The molecule has 3 heterocycles. The standard InChI is InChI=1S/C15H21N5O3/c1-9(2)15-17-14(19-23-15)11-5-4-6-20(11)8-12(21)16-13-7-10(3)18-22-13/h7,9,11H,4-6,8H2,1-3H3,(H,16,21)/t11-/m1/s1. The molecule has 0 unspecified atom stereocenters. The first-order chi connectivity index (χ1) is 11.0. The molecule has 3 rings (SSSR count). The van der Waals surface area contributed by atoms with Crippen LogP contribution in [0.1, 0.15) is 56.1 Å². The number of anilines is 1. The lowest BCUT2D eigenvalue weighted by Crippen LogP contribution is -2.33. The maximum absolute atomic E-state index is 12.2. The van der Waals surface area contributed by atoms with E-state index in [4.69, 9.17) is 9.05 Å². The van der Waals surface area contributed by atoms with E-state index in [2.05, 4.69) is 25.5 Å². The minimum atomic E-state index is -0.138. The Labute approximate surface area is 134 Å². The van der Waals surface area contributed by atoms with Gasteiger partial charge in [0.25, 0.3) is 0 Å². The fraction of sp³-hybridized carbons (Fsp3) is 0.600. The third-order valence-electron chi connectivity index (χ3n) is 3.85. The van der Waals surface area contributed by atoms with E-state index in [1.165, 1.54) is 0 Å². The van der Waals surface area contributed by atoms with E-state index in [-0.39, 0.29) is 24.4 Å². The van der Waals surface area contributed by atoms with Crippen LogP contribution in [0.4, 0.5) is 5.88 Å². The van der Waals surface area contributed by atoms with Gasteiger partial charge in [-0.1, -0.05) is 24.2 Å². The lowest BCUT2D eigenvalue weighted by molar-refractivity contribution is -0.117. The Morgan fingerprint density at radius 3 is 2.91 bits per heavy atom. The van der Waals surface area contributed by atoms with Crippen LogP contribution in [0.15, 0.2) is 15.1 Å². The number of rotatable bonds is 5. The van der Waals surface area contributed by atoms with Crippen LogP contribution in [0.3, 0.4) is 0 Å². The summed E-state index contributed by atoms with van der Waals surface area (Å²) < 4.78 is 10.3. The first kappa shape index (κ1) is 15.7. The van der Waals surface area contributed by atoms with Gasteiger partial charge < -0.3 is 9.05 Å². The van der Waals surface area contributed by atoms with Gasteiger partial charge in [0.1, 0.15) is 0 Å². The largest absolute Gasteiger partial charge is 0.339 e. The molecule has 1 atom stereocenters. The van der Waals surface area contributed by atoms with Crippen LogP contribution < -0.4 is 5.32 Å². The monoisotopic (exact) mass is 319 g/mol. The van der Waals surface area contributed by atoms with Gasteiger partial charge in [0.15, 0.2) is 5.82 Å². The van der Waals surface area contributed by atoms with E-state index in [1.807, 2.05) is 13.8 Å². The molecule has 0 aliphatic carbocycles. The van der Waals surface area contributed by atoms with Gasteiger partial charge >= 0.3 is 0 Å². The molecular weight excluding hydrogens is 298 g/mol. The number of carbonyl (C=O) groups is 1. The van der Waals surface area contributed by atoms with Crippen molar-refractivity contribution in [3.8, 4) is 0 Å². The summed E-state index contributed by atoms with van der Waals surface area (Å²) >= 11 is 0. The average molecular weight is 319 g/mol. The van der Waals surface area contributed by atoms with Gasteiger partial charge in [0.2, 0.25) is 17.7 Å². The van der Waals surface area contributed by atoms with Gasteiger partial charge in [0, 0.05) is 12.0 Å². The lowest BCUT2D eigenvalue weighted by atomic mass is 10.2. The van der Waals surface area contributed by atoms with E-state index in [9.17, 15) is 4.79 Å². The van der Waals surface area contributed by atoms with Gasteiger partial charge in [-0.15, -0.1) is 0 Å². The molecule has 1 aliphatic rings. The minimum Gasteiger partial charge on any atom is -0.339 e. The molecule has 1 N–H and O–H groups in total. The van der Waals surface area contributed by atoms with Crippen LogP contribution in [0.2, 0.25) is 0 Å². The molecule has 2 aromatic rings. The van der Waals surface area contributed by atoms with Crippen LogP contribution in [0.25, 0.3) is 0 Å². The average Bonchev–Trinajstić information content (AvgIpc) is 3.19. The van der Waals surface area contributed by atoms with Crippen molar-refractivity contribution in [2.45, 2.75) is 45.6 Å². The highest BCUT2D eigenvalue weighted by Gasteiger charge is 2.31. The van der Waals surface area contributed by atoms with Crippen molar-refractivity contribution in [2.24, 2.45) is 0 Å². The molecule has 1 fully saturated rings. The zero-order chi connectivity index (χ0) is 16.4. The smallest absolute Gasteiger partial charge is 0.240 e. The Kier molecular flexibility index (Phi) is 4.42. The molecule has 8 heteroatoms. The zero-order valence-corrected chi connectivity index (χ0v) is 13.6. The van der Waals surface area contributed by atoms with Crippen molar-refractivity contribution < 1.29 is 13.8 Å². The Balaban J connectivity index is 1.63. The quantitative estimate of drug-likeness (QED) is 0.902. The van der Waals surface area contributed by atoms with Gasteiger partial charge in [-0.05, 0) is 26.3 Å². The molecule has 0 aromatic carbocycles. The topological polar surface area (TPSA) is 97.3 Å². The molecule has 0 bridgehead atoms. The molecule has 0 spiro atoms. The van der Waals surface area contributed by atoms with E-state index in [0.29, 0.717) is 17.6 Å². The van der Waals surface area contributed by atoms with Crippen LogP contribution in [0.5, 0.6) is 0 Å². The maximum Gasteiger partial charge on any atom is 0.240 e. The number of likely N-dealkylation sites (tertiary alicyclic amines) is 1. The summed E-state index contributed by atoms with van der Waals surface area (Å²) in [6.07, 6.45) is 1.93. The van der Waals surface area contributed by atoms with E-state index in [0.717, 1.165) is 25.1 Å². The number of nitrogens with zero attached hydrogens (tertiary/aromatic N) is 4.